The number of ketones is 1. The molecule has 4 rings (SSSR count). The van der Waals surface area contributed by atoms with Gasteiger partial charge in [0.1, 0.15) is 16.6 Å². The Hall–Kier alpha value is -2.91. The highest BCUT2D eigenvalue weighted by Gasteiger charge is 2.51. The van der Waals surface area contributed by atoms with Gasteiger partial charge in [0.25, 0.3) is 5.91 Å². The highest BCUT2D eigenvalue weighted by atomic mass is 35.5. The molecule has 2 heterocycles. The lowest BCUT2D eigenvalue weighted by molar-refractivity contribution is -0.0102. The Labute approximate surface area is 194 Å². The fraction of sp³-hybridized carbons (Fsp3) is 0.435. The number of aromatic nitrogens is 1. The number of ether oxygens (including phenoxy) is 1. The van der Waals surface area contributed by atoms with E-state index in [4.69, 9.17) is 16.3 Å². The van der Waals surface area contributed by atoms with E-state index in [9.17, 15) is 29.0 Å². The third-order valence-corrected chi connectivity index (χ3v) is 6.99. The van der Waals surface area contributed by atoms with Gasteiger partial charge >= 0.3 is 0 Å². The van der Waals surface area contributed by atoms with Gasteiger partial charge in [-0.15, -0.1) is 0 Å². The Balaban J connectivity index is 1.67. The van der Waals surface area contributed by atoms with Gasteiger partial charge in [0.05, 0.1) is 18.2 Å². The molecule has 2 aromatic rings. The minimum absolute atomic E-state index is 0.0112. The number of hydrogen-bond donors (Lipinski definition) is 2. The van der Waals surface area contributed by atoms with Gasteiger partial charge in [-0.2, -0.15) is 0 Å². The van der Waals surface area contributed by atoms with Gasteiger partial charge in [-0.1, -0.05) is 17.7 Å². The van der Waals surface area contributed by atoms with Gasteiger partial charge in [0.15, 0.2) is 17.2 Å². The molecule has 1 amide bonds. The number of aliphatic hydroxyl groups is 1. The number of nitrogens with zero attached hydrogens (tertiary/aromatic N) is 2. The zero-order chi connectivity index (χ0) is 24.1. The molecule has 0 bridgehead atoms. The number of carbonyl (C=O) groups excluding carboxylic acids is 2. The van der Waals surface area contributed by atoms with E-state index in [0.29, 0.717) is 19.4 Å². The summed E-state index contributed by atoms with van der Waals surface area (Å²) in [5.41, 5.74) is -1.78. The van der Waals surface area contributed by atoms with E-state index in [1.54, 1.807) is 7.05 Å². The van der Waals surface area contributed by atoms with Crippen LogP contribution in [0.2, 0.25) is 5.02 Å². The van der Waals surface area contributed by atoms with E-state index in [1.807, 2.05) is 0 Å². The molecule has 1 aromatic carbocycles. The largest absolute Gasteiger partial charge is 0.503 e. The van der Waals surface area contributed by atoms with Gasteiger partial charge in [0.2, 0.25) is 5.43 Å². The van der Waals surface area contributed by atoms with E-state index in [1.165, 1.54) is 34.9 Å². The summed E-state index contributed by atoms with van der Waals surface area (Å²) in [5.74, 6) is -2.38. The van der Waals surface area contributed by atoms with Crippen LogP contribution >= 0.6 is 11.6 Å². The minimum Gasteiger partial charge on any atom is -0.503 e. The summed E-state index contributed by atoms with van der Waals surface area (Å²) in [6.45, 7) is 0.323. The Morgan fingerprint density at radius 2 is 2.03 bits per heavy atom. The van der Waals surface area contributed by atoms with E-state index >= 15 is 0 Å². The summed E-state index contributed by atoms with van der Waals surface area (Å²) in [6.07, 6.45) is 2.19. The summed E-state index contributed by atoms with van der Waals surface area (Å²) in [5, 5.41) is 19.9. The standard InChI is InChI=1S/C23H24ClFN2O6/c1-26-11-23(7-12(8-23)10-28)27-9-14(20(30)21(31)19(27)22(26)32)15(29)5-3-13-4-6-16(33-2)17(24)18(13)25/h4,6,9,12,28,31H,3,5,7-8,10-11H2,1-2H3. The maximum absolute atomic E-state index is 14.5. The van der Waals surface area contributed by atoms with E-state index in [2.05, 4.69) is 0 Å². The predicted octanol–water partition coefficient (Wildman–Crippen LogP) is 2.35. The number of amides is 1. The molecule has 1 fully saturated rings. The first-order valence-corrected chi connectivity index (χ1v) is 10.9. The number of Topliss-reactive ketones (excluding diaryl/α,β-unsaturated/α-hetero) is 1. The van der Waals surface area contributed by atoms with Crippen LogP contribution in [0, 0.1) is 11.7 Å². The van der Waals surface area contributed by atoms with Gasteiger partial charge in [-0.3, -0.25) is 14.4 Å². The topological polar surface area (TPSA) is 109 Å². The van der Waals surface area contributed by atoms with Crippen LogP contribution in [0.5, 0.6) is 11.5 Å². The molecule has 0 atom stereocenters. The molecule has 0 saturated heterocycles. The molecule has 10 heteroatoms. The Kier molecular flexibility index (Phi) is 5.96. The predicted molar refractivity (Wildman–Crippen MR) is 118 cm³/mol. The summed E-state index contributed by atoms with van der Waals surface area (Å²) in [4.78, 5) is 39.8. The van der Waals surface area contributed by atoms with Crippen molar-refractivity contribution in [1.82, 2.24) is 9.47 Å². The monoisotopic (exact) mass is 478 g/mol. The van der Waals surface area contributed by atoms with Gasteiger partial charge in [-0.25, -0.2) is 4.39 Å². The lowest BCUT2D eigenvalue weighted by atomic mass is 9.67. The Morgan fingerprint density at radius 3 is 2.67 bits per heavy atom. The minimum atomic E-state index is -0.934. The lowest BCUT2D eigenvalue weighted by Gasteiger charge is -2.53. The van der Waals surface area contributed by atoms with Crippen molar-refractivity contribution in [2.75, 3.05) is 27.3 Å². The van der Waals surface area contributed by atoms with Gasteiger partial charge in [-0.05, 0) is 36.8 Å². The quantitative estimate of drug-likeness (QED) is 0.617. The Bertz CT molecular complexity index is 1200. The number of likely N-dealkylation sites (N-methyl/N-ethyl adjacent to an activating group) is 1. The van der Waals surface area contributed by atoms with E-state index in [-0.39, 0.29) is 53.0 Å². The van der Waals surface area contributed by atoms with Crippen molar-refractivity contribution >= 4 is 23.3 Å². The van der Waals surface area contributed by atoms with Crippen LogP contribution in [0.25, 0.3) is 0 Å². The van der Waals surface area contributed by atoms with Gasteiger partial charge < -0.3 is 24.4 Å². The molecule has 1 aliphatic heterocycles. The number of aliphatic hydroxyl groups excluding tert-OH is 1. The number of aryl methyl sites for hydroxylation is 1. The molecule has 8 nitrogen and oxygen atoms in total. The van der Waals surface area contributed by atoms with Crippen molar-refractivity contribution in [3.05, 3.63) is 56.2 Å². The van der Waals surface area contributed by atoms with Crippen molar-refractivity contribution < 1.29 is 28.9 Å². The van der Waals surface area contributed by atoms with Crippen LogP contribution in [-0.2, 0) is 12.0 Å². The molecular formula is C23H24ClFN2O6. The maximum atomic E-state index is 14.5. The smallest absolute Gasteiger partial charge is 0.274 e. The molecule has 2 aliphatic rings. The van der Waals surface area contributed by atoms with Crippen molar-refractivity contribution in [3.8, 4) is 11.5 Å². The SMILES string of the molecule is COc1ccc(CCC(=O)c2cn3c(c(O)c2=O)C(=O)N(C)CC32CC(CO)C2)c(F)c1Cl. The number of carbonyl (C=O) groups is 2. The number of methoxy groups -OCH3 is 1. The molecule has 1 aliphatic carbocycles. The van der Waals surface area contributed by atoms with Crippen molar-refractivity contribution in [3.63, 3.8) is 0 Å². The number of aromatic hydroxyl groups is 1. The van der Waals surface area contributed by atoms with Crippen molar-refractivity contribution in [2.24, 2.45) is 5.92 Å². The zero-order valence-electron chi connectivity index (χ0n) is 18.2. The highest BCUT2D eigenvalue weighted by molar-refractivity contribution is 6.32. The molecule has 176 valence electrons. The number of hydrogen-bond acceptors (Lipinski definition) is 6. The second kappa shape index (κ2) is 8.46. The zero-order valence-corrected chi connectivity index (χ0v) is 19.0. The molecule has 0 unspecified atom stereocenters. The van der Waals surface area contributed by atoms with Crippen LogP contribution in [-0.4, -0.2) is 58.7 Å². The third kappa shape index (κ3) is 3.69. The molecule has 2 N–H and O–H groups in total. The fourth-order valence-corrected chi connectivity index (χ4v) is 5.19. The number of halogens is 2. The van der Waals surface area contributed by atoms with Crippen LogP contribution in [0.1, 0.15) is 45.7 Å². The summed E-state index contributed by atoms with van der Waals surface area (Å²) in [6, 6.07) is 2.95. The normalized spacial score (nSPS) is 21.7. The van der Waals surface area contributed by atoms with Crippen LogP contribution in [0.4, 0.5) is 4.39 Å². The average Bonchev–Trinajstić information content (AvgIpc) is 2.77. The molecule has 1 spiro atoms. The highest BCUT2D eigenvalue weighted by Crippen LogP contribution is 2.47. The first-order valence-electron chi connectivity index (χ1n) is 10.5. The number of benzene rings is 1. The maximum Gasteiger partial charge on any atom is 0.274 e. The third-order valence-electron chi connectivity index (χ3n) is 6.64. The van der Waals surface area contributed by atoms with E-state index in [0.717, 1.165) is 0 Å². The lowest BCUT2D eigenvalue weighted by Crippen LogP contribution is -2.60. The number of pyridine rings is 1. The summed E-state index contributed by atoms with van der Waals surface area (Å²) >= 11 is 5.93. The van der Waals surface area contributed by atoms with Crippen LogP contribution in [0.15, 0.2) is 23.1 Å². The summed E-state index contributed by atoms with van der Waals surface area (Å²) in [7, 11) is 2.94. The number of rotatable bonds is 6. The molecule has 1 saturated carbocycles. The first-order chi connectivity index (χ1) is 15.6. The van der Waals surface area contributed by atoms with E-state index < -0.39 is 34.2 Å². The number of fused-ring (bicyclic) bond motifs is 2. The van der Waals surface area contributed by atoms with Gasteiger partial charge in [0, 0.05) is 32.8 Å². The average molecular weight is 479 g/mol. The van der Waals surface area contributed by atoms with Crippen LogP contribution in [0.3, 0.4) is 0 Å². The second-order valence-electron chi connectivity index (χ2n) is 8.76. The summed E-state index contributed by atoms with van der Waals surface area (Å²) < 4.78 is 21.0. The molecule has 0 radical (unpaired) electrons. The van der Waals surface area contributed by atoms with Crippen molar-refractivity contribution in [2.45, 2.75) is 31.2 Å². The Morgan fingerprint density at radius 1 is 1.33 bits per heavy atom. The molecule has 1 aromatic heterocycles. The molecular weight excluding hydrogens is 455 g/mol. The van der Waals surface area contributed by atoms with Crippen molar-refractivity contribution in [1.29, 1.82) is 0 Å². The molecule has 33 heavy (non-hydrogen) atoms. The fourth-order valence-electron chi connectivity index (χ4n) is 4.92. The van der Waals surface area contributed by atoms with Crippen LogP contribution < -0.4 is 10.2 Å². The second-order valence-corrected chi connectivity index (χ2v) is 9.14. The first kappa shape index (κ1) is 23.3.